The van der Waals surface area contributed by atoms with Crippen LogP contribution >= 0.6 is 11.3 Å². The van der Waals surface area contributed by atoms with Gasteiger partial charge in [-0.2, -0.15) is 0 Å². The molecule has 4 nitrogen and oxygen atoms in total. The molecule has 0 aliphatic heterocycles. The third-order valence-corrected chi connectivity index (χ3v) is 5.65. The summed E-state index contributed by atoms with van der Waals surface area (Å²) < 4.78 is 0. The molecule has 0 spiro atoms. The van der Waals surface area contributed by atoms with E-state index < -0.39 is 0 Å². The minimum atomic E-state index is -0.388. The Bertz CT molecular complexity index is 678. The topological polar surface area (TPSA) is 59.1 Å². The molecule has 1 fully saturated rings. The van der Waals surface area contributed by atoms with E-state index in [1.54, 1.807) is 12.3 Å². The second-order valence-electron chi connectivity index (χ2n) is 6.33. The van der Waals surface area contributed by atoms with Crippen LogP contribution in [0.2, 0.25) is 0 Å². The van der Waals surface area contributed by atoms with Crippen molar-refractivity contribution in [2.75, 3.05) is 0 Å². The van der Waals surface area contributed by atoms with Gasteiger partial charge in [0, 0.05) is 6.20 Å². The Balaban J connectivity index is 1.61. The lowest BCUT2D eigenvalue weighted by atomic mass is 9.85. The maximum absolute atomic E-state index is 12.4. The molecule has 126 valence electrons. The first-order valence-corrected chi connectivity index (χ1v) is 9.35. The first-order chi connectivity index (χ1) is 11.8. The molecular formula is C19H22N2O2S. The zero-order chi connectivity index (χ0) is 16.8. The van der Waals surface area contributed by atoms with E-state index in [9.17, 15) is 9.59 Å². The minimum Gasteiger partial charge on any atom is -0.342 e. The van der Waals surface area contributed by atoms with Gasteiger partial charge in [0.05, 0.1) is 21.5 Å². The third kappa shape index (κ3) is 4.29. The van der Waals surface area contributed by atoms with Crippen molar-refractivity contribution in [3.05, 3.63) is 41.4 Å². The summed E-state index contributed by atoms with van der Waals surface area (Å²) in [6, 6.07) is 9.02. The summed E-state index contributed by atoms with van der Waals surface area (Å²) in [5.74, 6) is 0.386. The molecule has 1 aliphatic carbocycles. The van der Waals surface area contributed by atoms with E-state index in [1.807, 2.05) is 24.3 Å². The molecular weight excluding hydrogens is 320 g/mol. The van der Waals surface area contributed by atoms with Gasteiger partial charge in [0.1, 0.15) is 6.29 Å². The van der Waals surface area contributed by atoms with Crippen molar-refractivity contribution in [3.63, 3.8) is 0 Å². The Hall–Kier alpha value is -2.01. The summed E-state index contributed by atoms with van der Waals surface area (Å²) in [5, 5.41) is 2.88. The molecule has 0 saturated heterocycles. The van der Waals surface area contributed by atoms with E-state index in [0.29, 0.717) is 10.8 Å². The van der Waals surface area contributed by atoms with Crippen LogP contribution in [0, 0.1) is 5.92 Å². The number of carbonyl (C=O) groups excluding carboxylic acids is 2. The zero-order valence-electron chi connectivity index (χ0n) is 13.6. The van der Waals surface area contributed by atoms with Gasteiger partial charge in [-0.05, 0) is 36.6 Å². The summed E-state index contributed by atoms with van der Waals surface area (Å²) >= 11 is 1.40. The molecule has 2 aromatic heterocycles. The highest BCUT2D eigenvalue weighted by atomic mass is 32.1. The maximum Gasteiger partial charge on any atom is 0.261 e. The lowest BCUT2D eigenvalue weighted by molar-refractivity contribution is -0.109. The fourth-order valence-corrected chi connectivity index (χ4v) is 4.16. The van der Waals surface area contributed by atoms with Gasteiger partial charge < -0.3 is 10.1 Å². The molecule has 0 aromatic carbocycles. The van der Waals surface area contributed by atoms with E-state index in [-0.39, 0.29) is 11.9 Å². The summed E-state index contributed by atoms with van der Waals surface area (Å²) in [6.45, 7) is 0. The molecule has 5 heteroatoms. The highest BCUT2D eigenvalue weighted by Gasteiger charge is 2.21. The summed E-state index contributed by atoms with van der Waals surface area (Å²) in [4.78, 5) is 29.6. The molecule has 2 aromatic rings. The van der Waals surface area contributed by atoms with Crippen LogP contribution in [0.15, 0.2) is 36.5 Å². The molecule has 2 heterocycles. The monoisotopic (exact) mass is 342 g/mol. The minimum absolute atomic E-state index is 0.171. The van der Waals surface area contributed by atoms with Gasteiger partial charge in [0.2, 0.25) is 0 Å². The van der Waals surface area contributed by atoms with Crippen LogP contribution in [-0.4, -0.2) is 23.2 Å². The molecule has 1 N–H and O–H groups in total. The number of carbonyl (C=O) groups is 2. The van der Waals surface area contributed by atoms with Crippen LogP contribution in [0.3, 0.4) is 0 Å². The first kappa shape index (κ1) is 16.8. The number of hydrogen-bond acceptors (Lipinski definition) is 4. The van der Waals surface area contributed by atoms with Gasteiger partial charge in [0.15, 0.2) is 0 Å². The Kier molecular flexibility index (Phi) is 5.75. The molecule has 1 aliphatic rings. The van der Waals surface area contributed by atoms with E-state index >= 15 is 0 Å². The Morgan fingerprint density at radius 1 is 1.25 bits per heavy atom. The Morgan fingerprint density at radius 3 is 2.79 bits per heavy atom. The third-order valence-electron chi connectivity index (χ3n) is 4.54. The summed E-state index contributed by atoms with van der Waals surface area (Å²) in [5.41, 5.74) is 0.857. The first-order valence-electron chi connectivity index (χ1n) is 8.53. The van der Waals surface area contributed by atoms with Crippen molar-refractivity contribution < 1.29 is 9.59 Å². The van der Waals surface area contributed by atoms with Gasteiger partial charge in [0.25, 0.3) is 5.91 Å². The molecule has 1 amide bonds. The van der Waals surface area contributed by atoms with Crippen molar-refractivity contribution >= 4 is 23.5 Å². The molecule has 1 atom stereocenters. The van der Waals surface area contributed by atoms with Gasteiger partial charge in [-0.1, -0.05) is 38.2 Å². The van der Waals surface area contributed by atoms with E-state index in [0.717, 1.165) is 23.3 Å². The maximum atomic E-state index is 12.4. The fraction of sp³-hybridized carbons (Fsp3) is 0.421. The van der Waals surface area contributed by atoms with Crippen LogP contribution < -0.4 is 5.32 Å². The van der Waals surface area contributed by atoms with E-state index in [1.165, 1.54) is 43.4 Å². The Labute approximate surface area is 146 Å². The van der Waals surface area contributed by atoms with Crippen LogP contribution in [-0.2, 0) is 4.79 Å². The molecule has 0 unspecified atom stereocenters. The number of aldehydes is 1. The average Bonchev–Trinajstić information content (AvgIpc) is 3.13. The van der Waals surface area contributed by atoms with Crippen LogP contribution in [0.4, 0.5) is 0 Å². The lowest BCUT2D eigenvalue weighted by Crippen LogP contribution is -2.37. The number of aromatic nitrogens is 1. The van der Waals surface area contributed by atoms with Crippen LogP contribution in [0.25, 0.3) is 10.6 Å². The van der Waals surface area contributed by atoms with Gasteiger partial charge in [-0.25, -0.2) is 0 Å². The van der Waals surface area contributed by atoms with Gasteiger partial charge >= 0.3 is 0 Å². The number of rotatable bonds is 6. The predicted molar refractivity (Wildman–Crippen MR) is 96.1 cm³/mol. The number of thiophene rings is 1. The lowest BCUT2D eigenvalue weighted by Gasteiger charge is -2.24. The smallest absolute Gasteiger partial charge is 0.261 e. The summed E-state index contributed by atoms with van der Waals surface area (Å²) in [6.07, 6.45) is 9.48. The normalized spacial score (nSPS) is 16.5. The SMILES string of the molecule is O=C[C@H](CC1CCCCC1)NC(=O)c1ccc(-c2ccccn2)s1. The molecule has 3 rings (SSSR count). The number of pyridine rings is 1. The number of nitrogens with zero attached hydrogens (tertiary/aromatic N) is 1. The quantitative estimate of drug-likeness (QED) is 0.805. The van der Waals surface area contributed by atoms with Crippen LogP contribution in [0.1, 0.15) is 48.2 Å². The summed E-state index contributed by atoms with van der Waals surface area (Å²) in [7, 11) is 0. The van der Waals surface area contributed by atoms with E-state index in [4.69, 9.17) is 0 Å². The molecule has 24 heavy (non-hydrogen) atoms. The van der Waals surface area contributed by atoms with E-state index in [2.05, 4.69) is 10.3 Å². The number of hydrogen-bond donors (Lipinski definition) is 1. The van der Waals surface area contributed by atoms with Crippen molar-refractivity contribution in [2.45, 2.75) is 44.6 Å². The zero-order valence-corrected chi connectivity index (χ0v) is 14.4. The van der Waals surface area contributed by atoms with Crippen LogP contribution in [0.5, 0.6) is 0 Å². The average molecular weight is 342 g/mol. The molecule has 0 bridgehead atoms. The van der Waals surface area contributed by atoms with Gasteiger partial charge in [-0.3, -0.25) is 9.78 Å². The standard InChI is InChI=1S/C19H22N2O2S/c22-13-15(12-14-6-2-1-3-7-14)21-19(23)18-10-9-17(24-18)16-8-4-5-11-20-16/h4-5,8-11,13-15H,1-3,6-7,12H2,(H,21,23)/t15-/m0/s1. The highest BCUT2D eigenvalue weighted by Crippen LogP contribution is 2.28. The second kappa shape index (κ2) is 8.20. The van der Waals surface area contributed by atoms with Crippen molar-refractivity contribution in [1.29, 1.82) is 0 Å². The molecule has 0 radical (unpaired) electrons. The highest BCUT2D eigenvalue weighted by molar-refractivity contribution is 7.17. The van der Waals surface area contributed by atoms with Crippen molar-refractivity contribution in [1.82, 2.24) is 10.3 Å². The second-order valence-corrected chi connectivity index (χ2v) is 7.42. The van der Waals surface area contributed by atoms with Crippen molar-refractivity contribution in [2.24, 2.45) is 5.92 Å². The predicted octanol–water partition coefficient (Wildman–Crippen LogP) is 4.08. The Morgan fingerprint density at radius 2 is 2.08 bits per heavy atom. The van der Waals surface area contributed by atoms with Gasteiger partial charge in [-0.15, -0.1) is 11.3 Å². The largest absolute Gasteiger partial charge is 0.342 e. The number of nitrogens with one attached hydrogen (secondary N) is 1. The van der Waals surface area contributed by atoms with Crippen molar-refractivity contribution in [3.8, 4) is 10.6 Å². The molecule has 1 saturated carbocycles. The fourth-order valence-electron chi connectivity index (χ4n) is 3.28. The number of amides is 1.